The van der Waals surface area contributed by atoms with Gasteiger partial charge in [-0.15, -0.1) is 0 Å². The fraction of sp³-hybridized carbons (Fsp3) is 0.873. The Hall–Kier alpha value is -3.00. The second-order valence-corrected chi connectivity index (χ2v) is 39.7. The van der Waals surface area contributed by atoms with E-state index in [-0.39, 0.29) is 101 Å². The van der Waals surface area contributed by atoms with E-state index in [9.17, 15) is 19.8 Å². The molecular weight excluding hydrogens is 1280 g/mol. The smallest absolute Gasteiger partial charge is 0.307 e. The molecular formula is C79H130Cl2N8O9. The van der Waals surface area contributed by atoms with E-state index < -0.39 is 28.9 Å². The van der Waals surface area contributed by atoms with Gasteiger partial charge >= 0.3 is 11.9 Å². The van der Waals surface area contributed by atoms with Gasteiger partial charge < -0.3 is 45.4 Å². The lowest BCUT2D eigenvalue weighted by atomic mass is 9.34. The molecule has 0 amide bonds. The van der Waals surface area contributed by atoms with E-state index in [1.54, 1.807) is 11.9 Å². The monoisotopic (exact) mass is 1400 g/mol. The van der Waals surface area contributed by atoms with Crippen LogP contribution in [0, 0.1) is 124 Å². The molecule has 19 heteroatoms. The lowest BCUT2D eigenvalue weighted by Gasteiger charge is -2.71. The zero-order valence-corrected chi connectivity index (χ0v) is 66.0. The molecule has 0 spiro atoms. The Morgan fingerprint density at radius 3 is 1.41 bits per heavy atom. The van der Waals surface area contributed by atoms with Gasteiger partial charge in [0.05, 0.1) is 75.8 Å². The molecule has 554 valence electrons. The minimum atomic E-state index is -0.628. The first-order chi connectivity index (χ1) is 45.2. The number of halogens is 2. The van der Waals surface area contributed by atoms with Crippen molar-refractivity contribution in [3.8, 4) is 0 Å². The zero-order valence-electron chi connectivity index (χ0n) is 64.5. The molecule has 2 aromatic heterocycles. The second-order valence-electron chi connectivity index (χ2n) is 39.0. The number of carbonyl (C=O) groups is 2. The summed E-state index contributed by atoms with van der Waals surface area (Å²) in [5, 5.41) is 33.2. The molecule has 0 radical (unpaired) electrons. The minimum absolute atomic E-state index is 0.0509. The Labute approximate surface area is 599 Å². The average Bonchev–Trinajstić information content (AvgIpc) is 0.744. The van der Waals surface area contributed by atoms with E-state index in [0.717, 1.165) is 83.7 Å². The van der Waals surface area contributed by atoms with Crippen molar-refractivity contribution in [1.82, 2.24) is 29.9 Å². The number of nitrogens with two attached hydrogens (primary N) is 2. The summed E-state index contributed by atoms with van der Waals surface area (Å²) in [4.78, 5) is 34.6. The summed E-state index contributed by atoms with van der Waals surface area (Å²) in [7, 11) is 1.84. The number of carboxylic acids is 2. The number of nitrogens with one attached hydrogen (secondary N) is 1. The molecule has 4 heterocycles. The molecule has 0 aromatic carbocycles. The molecule has 24 atom stereocenters. The number of H-pyrrole nitrogens is 1. The van der Waals surface area contributed by atoms with Crippen LogP contribution in [0.5, 0.6) is 0 Å². The molecule has 2 saturated heterocycles. The first kappa shape index (κ1) is 77.6. The molecule has 7 N–H and O–H groups in total. The summed E-state index contributed by atoms with van der Waals surface area (Å²) in [6, 6.07) is -0.144. The fourth-order valence-corrected chi connectivity index (χ4v) is 24.1. The minimum Gasteiger partial charge on any atom is -0.481 e. The van der Waals surface area contributed by atoms with Crippen LogP contribution in [-0.2, 0) is 33.3 Å². The van der Waals surface area contributed by atoms with Gasteiger partial charge in [0.15, 0.2) is 0 Å². The maximum atomic E-state index is 13.4. The van der Waals surface area contributed by atoms with E-state index in [1.807, 2.05) is 11.8 Å². The molecule has 12 rings (SSSR count). The SMILES string of the molecule is CC(C)[C@@H](C)[C@@]1(C)CC[C@]2(C)[C@H]3CC[C@@H]4[C@@]5(COC[C@@]4(C)[C@@H](OC[C@](C)(N)C(C)(C)C)[C@H](n4ncnc4Cl)C5)C3=CC[C@@]2(C)[C@@H]1C(=O)O.CO[C@@H]1C[C@@]23COC[C@](C)([C@@H]2CC[C@H]2C3=CC[C@@]3(C)[C@H](C(=O)O)[C@@](C)([C@H](C)C(C)C)CC[C@]23C)[C@H]1OC[C@](C)(N)C(C)(C)C.Clc1ncn[nH]1. The van der Waals surface area contributed by atoms with Gasteiger partial charge in [0, 0.05) is 39.8 Å². The van der Waals surface area contributed by atoms with Gasteiger partial charge in [0.2, 0.25) is 10.6 Å². The maximum Gasteiger partial charge on any atom is 0.307 e. The summed E-state index contributed by atoms with van der Waals surface area (Å²) >= 11 is 12.0. The highest BCUT2D eigenvalue weighted by molar-refractivity contribution is 6.28. The van der Waals surface area contributed by atoms with Crippen LogP contribution in [0.3, 0.4) is 0 Å². The summed E-state index contributed by atoms with van der Waals surface area (Å²) in [6.07, 6.45) is 19.1. The number of fused-ring (bicyclic) bond motifs is 6. The summed E-state index contributed by atoms with van der Waals surface area (Å²) in [5.41, 5.74) is 13.2. The molecule has 17 nitrogen and oxygen atoms in total. The van der Waals surface area contributed by atoms with Gasteiger partial charge in [-0.1, -0.05) is 162 Å². The van der Waals surface area contributed by atoms with Crippen molar-refractivity contribution in [3.05, 3.63) is 46.5 Å². The summed E-state index contributed by atoms with van der Waals surface area (Å²) in [6.45, 7) is 53.1. The highest BCUT2D eigenvalue weighted by atomic mass is 35.5. The van der Waals surface area contributed by atoms with Crippen molar-refractivity contribution < 1.29 is 43.5 Å². The van der Waals surface area contributed by atoms with Crippen LogP contribution in [0.1, 0.15) is 235 Å². The number of rotatable bonds is 14. The number of methoxy groups -OCH3 is 1. The van der Waals surface area contributed by atoms with Gasteiger partial charge in [0.1, 0.15) is 12.7 Å². The third-order valence-corrected chi connectivity index (χ3v) is 32.7. The van der Waals surface area contributed by atoms with Gasteiger partial charge in [-0.05, 0) is 205 Å². The van der Waals surface area contributed by atoms with Crippen LogP contribution in [-0.4, -0.2) is 128 Å². The van der Waals surface area contributed by atoms with Crippen LogP contribution in [0.4, 0.5) is 0 Å². The van der Waals surface area contributed by atoms with Crippen molar-refractivity contribution >= 4 is 35.1 Å². The first-order valence-corrected chi connectivity index (χ1v) is 38.3. The van der Waals surface area contributed by atoms with Crippen LogP contribution < -0.4 is 11.5 Å². The lowest BCUT2D eigenvalue weighted by Crippen LogP contribution is -2.70. The quantitative estimate of drug-likeness (QED) is 0.110. The van der Waals surface area contributed by atoms with Gasteiger partial charge in [-0.25, -0.2) is 19.7 Å². The second kappa shape index (κ2) is 26.2. The Kier molecular flexibility index (Phi) is 20.8. The van der Waals surface area contributed by atoms with Crippen molar-refractivity contribution in [1.29, 1.82) is 0 Å². The number of aliphatic carboxylic acids is 2. The van der Waals surface area contributed by atoms with E-state index in [1.165, 1.54) is 11.9 Å². The molecule has 0 unspecified atom stereocenters. The van der Waals surface area contributed by atoms with E-state index >= 15 is 0 Å². The summed E-state index contributed by atoms with van der Waals surface area (Å²) < 4.78 is 35.4. The first-order valence-electron chi connectivity index (χ1n) is 37.6. The number of carboxylic acid groups (broad SMARTS) is 2. The number of hydrogen-bond acceptors (Lipinski definition) is 13. The van der Waals surface area contributed by atoms with E-state index in [4.69, 9.17) is 58.4 Å². The van der Waals surface area contributed by atoms with Crippen molar-refractivity contribution in [2.75, 3.05) is 46.8 Å². The van der Waals surface area contributed by atoms with Gasteiger partial charge in [-0.2, -0.15) is 10.2 Å². The van der Waals surface area contributed by atoms with Crippen molar-refractivity contribution in [3.63, 3.8) is 0 Å². The van der Waals surface area contributed by atoms with Crippen LogP contribution >= 0.6 is 23.2 Å². The number of hydrogen-bond donors (Lipinski definition) is 5. The molecule has 2 aliphatic heterocycles. The van der Waals surface area contributed by atoms with E-state index in [2.05, 4.69) is 190 Å². The number of aromatic amines is 1. The molecule has 10 aliphatic rings. The molecule has 4 bridgehead atoms. The Morgan fingerprint density at radius 2 is 1.05 bits per heavy atom. The molecule has 98 heavy (non-hydrogen) atoms. The molecule has 6 saturated carbocycles. The fourth-order valence-electron chi connectivity index (χ4n) is 23.8. The third kappa shape index (κ3) is 11.8. The predicted octanol–water partition coefficient (Wildman–Crippen LogP) is 16.4. The average molecular weight is 1410 g/mol. The molecule has 8 fully saturated rings. The molecule has 2 aromatic rings. The van der Waals surface area contributed by atoms with Crippen molar-refractivity contribution in [2.24, 2.45) is 136 Å². The van der Waals surface area contributed by atoms with E-state index in [0.29, 0.717) is 85.0 Å². The molecule has 8 aliphatic carbocycles. The van der Waals surface area contributed by atoms with Gasteiger partial charge in [0.25, 0.3) is 0 Å². The predicted molar refractivity (Wildman–Crippen MR) is 387 cm³/mol. The third-order valence-electron chi connectivity index (χ3n) is 32.2. The zero-order chi connectivity index (χ0) is 72.8. The van der Waals surface area contributed by atoms with Crippen LogP contribution in [0.15, 0.2) is 36.0 Å². The van der Waals surface area contributed by atoms with Gasteiger partial charge in [-0.3, -0.25) is 9.59 Å². The maximum absolute atomic E-state index is 13.4. The Morgan fingerprint density at radius 1 is 0.622 bits per heavy atom. The number of allylic oxidation sites excluding steroid dienone is 2. The summed E-state index contributed by atoms with van der Waals surface area (Å²) in [5.74, 6) is 0.904. The highest BCUT2D eigenvalue weighted by Crippen LogP contribution is 2.78. The number of ether oxygens (including phenoxy) is 5. The normalized spacial score (nSPS) is 43.7. The van der Waals surface area contributed by atoms with Crippen molar-refractivity contribution in [2.45, 2.75) is 265 Å². The Balaban J connectivity index is 0.000000196. The number of nitrogens with zero attached hydrogens (tertiary/aromatic N) is 5. The lowest BCUT2D eigenvalue weighted by molar-refractivity contribution is -0.270. The van der Waals surface area contributed by atoms with Crippen LogP contribution in [0.25, 0.3) is 0 Å². The largest absolute Gasteiger partial charge is 0.481 e. The highest BCUT2D eigenvalue weighted by Gasteiger charge is 2.75. The standard InChI is InChI=1S/C39H63ClN4O4.C38H65NO5.C2H2ClN3/c1-23(2)24(3)34(7)16-17-36(9)25-12-13-28-35(8)19-47-21-39(28,26(25)14-15-37(36,10)29(34)31(45)46)18-27(44-32(40)42-22-43-44)30(35)48-20-38(11,41)33(4,5)6;1-23(2)24(3)33(7)17-18-35(9)25-13-14-28-34(8)20-43-22-38(28,26(25)15-16-36(35,10)29(33)31(40)41)19-27(42-12)30(34)44-21-37(11,39)32(4,5)6;3-2-4-1-5-6-2/h14,22-25,27-30H,12-13,15-21,41H2,1-11H3,(H,45,46);15,23-25,27-30H,13-14,16-22,39H2,1-12H3,(H,40,41);1H,(H,4,5,6)/t24-,25+,27-,28+,29-,30+,34-,35-,36-,37+,38+,39+;24-,25+,27-,28+,29-,30+,33-,34-,35-,36+,37+,38+;/m11./s1. The number of aromatic nitrogens is 6. The topological polar surface area (TPSA) is 245 Å². The Bertz CT molecular complexity index is 3290. The van der Waals surface area contributed by atoms with Crippen LogP contribution in [0.2, 0.25) is 10.6 Å².